The van der Waals surface area contributed by atoms with Crippen LogP contribution in [-0.4, -0.2) is 29.6 Å². The number of fused-ring (bicyclic) bond motifs is 1. The van der Waals surface area contributed by atoms with Crippen LogP contribution in [0.3, 0.4) is 0 Å². The lowest BCUT2D eigenvalue weighted by atomic mass is 10.0. The van der Waals surface area contributed by atoms with Crippen LogP contribution < -0.4 is 9.47 Å². The predicted molar refractivity (Wildman–Crippen MR) is 90.8 cm³/mol. The molecule has 0 aliphatic carbocycles. The number of benzene rings is 2. The highest BCUT2D eigenvalue weighted by atomic mass is 32.2. The molecule has 1 aliphatic heterocycles. The third kappa shape index (κ3) is 3.80. The minimum Gasteiger partial charge on any atom is -0.478 e. The van der Waals surface area contributed by atoms with Crippen LogP contribution in [0, 0.1) is 0 Å². The van der Waals surface area contributed by atoms with Gasteiger partial charge in [0.15, 0.2) is 0 Å². The van der Waals surface area contributed by atoms with Gasteiger partial charge in [-0.05, 0) is 48.7 Å². The zero-order valence-corrected chi connectivity index (χ0v) is 14.2. The molecule has 1 heterocycles. The fraction of sp³-hybridized carbons (Fsp3) is 0.167. The Kier molecular flexibility index (Phi) is 4.86. The van der Waals surface area contributed by atoms with E-state index < -0.39 is 23.8 Å². The van der Waals surface area contributed by atoms with Crippen molar-refractivity contribution in [3.63, 3.8) is 0 Å². The van der Waals surface area contributed by atoms with Crippen molar-refractivity contribution < 1.29 is 32.5 Å². The monoisotopic (exact) mass is 382 g/mol. The van der Waals surface area contributed by atoms with Crippen LogP contribution in [-0.2, 0) is 4.79 Å². The van der Waals surface area contributed by atoms with Gasteiger partial charge in [-0.2, -0.15) is 13.2 Å². The maximum atomic E-state index is 13.1. The van der Waals surface area contributed by atoms with Gasteiger partial charge in [-0.1, -0.05) is 0 Å². The van der Waals surface area contributed by atoms with Crippen LogP contribution in [0.4, 0.5) is 13.2 Å². The number of halogens is 3. The number of thioether (sulfide) groups is 1. The molecule has 0 bridgehead atoms. The van der Waals surface area contributed by atoms with E-state index in [4.69, 9.17) is 14.6 Å². The Morgan fingerprint density at radius 3 is 2.38 bits per heavy atom. The van der Waals surface area contributed by atoms with E-state index in [1.165, 1.54) is 18.2 Å². The highest BCUT2D eigenvalue weighted by Gasteiger charge is 2.48. The van der Waals surface area contributed by atoms with Crippen molar-refractivity contribution in [3.8, 4) is 17.2 Å². The predicted octanol–water partition coefficient (Wildman–Crippen LogP) is 4.99. The molecule has 136 valence electrons. The first kappa shape index (κ1) is 18.2. The number of rotatable bonds is 4. The summed E-state index contributed by atoms with van der Waals surface area (Å²) >= 11 is 1.57. The lowest BCUT2D eigenvalue weighted by molar-refractivity contribution is -0.187. The molecular weight excluding hydrogens is 369 g/mol. The quantitative estimate of drug-likeness (QED) is 0.755. The molecule has 0 radical (unpaired) electrons. The maximum Gasteiger partial charge on any atom is 0.430 e. The first-order valence-electron chi connectivity index (χ1n) is 7.42. The Bertz CT molecular complexity index is 860. The smallest absolute Gasteiger partial charge is 0.430 e. The van der Waals surface area contributed by atoms with Crippen molar-refractivity contribution >= 4 is 23.8 Å². The Morgan fingerprint density at radius 2 is 1.81 bits per heavy atom. The van der Waals surface area contributed by atoms with Crippen molar-refractivity contribution in [1.82, 2.24) is 0 Å². The third-order valence-electron chi connectivity index (χ3n) is 3.66. The largest absolute Gasteiger partial charge is 0.478 e. The lowest BCUT2D eigenvalue weighted by Gasteiger charge is -2.27. The van der Waals surface area contributed by atoms with E-state index >= 15 is 0 Å². The number of carbonyl (C=O) groups is 1. The van der Waals surface area contributed by atoms with Crippen LogP contribution in [0.5, 0.6) is 17.2 Å². The molecule has 1 N–H and O–H groups in total. The minimum atomic E-state index is -4.84. The summed E-state index contributed by atoms with van der Waals surface area (Å²) in [6.45, 7) is 0. The van der Waals surface area contributed by atoms with Gasteiger partial charge in [0, 0.05) is 16.5 Å². The summed E-state index contributed by atoms with van der Waals surface area (Å²) in [5.41, 5.74) is -0.612. The molecule has 26 heavy (non-hydrogen) atoms. The van der Waals surface area contributed by atoms with Gasteiger partial charge in [-0.3, -0.25) is 0 Å². The molecule has 1 atom stereocenters. The van der Waals surface area contributed by atoms with Crippen molar-refractivity contribution in [2.75, 3.05) is 6.26 Å². The molecule has 2 aromatic rings. The molecular formula is C18H13F3O4S. The highest BCUT2D eigenvalue weighted by Crippen LogP contribution is 2.39. The van der Waals surface area contributed by atoms with Gasteiger partial charge in [-0.25, -0.2) is 4.79 Å². The second-order valence-corrected chi connectivity index (χ2v) is 6.30. The zero-order valence-electron chi connectivity index (χ0n) is 13.4. The summed E-state index contributed by atoms with van der Waals surface area (Å²) < 4.78 is 49.9. The summed E-state index contributed by atoms with van der Waals surface area (Å²) in [6, 6.07) is 11.5. The Morgan fingerprint density at radius 1 is 1.15 bits per heavy atom. The van der Waals surface area contributed by atoms with Crippen LogP contribution in [0.1, 0.15) is 5.56 Å². The van der Waals surface area contributed by atoms with E-state index in [-0.39, 0.29) is 17.1 Å². The molecule has 1 unspecified atom stereocenters. The van der Waals surface area contributed by atoms with Crippen molar-refractivity contribution in [1.29, 1.82) is 0 Å². The van der Waals surface area contributed by atoms with E-state index in [1.807, 2.05) is 18.4 Å². The second kappa shape index (κ2) is 6.95. The average Bonchev–Trinajstić information content (AvgIpc) is 2.60. The number of aliphatic carboxylic acids is 1. The van der Waals surface area contributed by atoms with Crippen molar-refractivity contribution in [2.24, 2.45) is 0 Å². The number of carboxylic acids is 1. The van der Waals surface area contributed by atoms with Gasteiger partial charge in [-0.15, -0.1) is 11.8 Å². The topological polar surface area (TPSA) is 55.8 Å². The fourth-order valence-electron chi connectivity index (χ4n) is 2.43. The number of alkyl halides is 3. The molecule has 0 saturated heterocycles. The normalized spacial score (nSPS) is 16.3. The van der Waals surface area contributed by atoms with Crippen molar-refractivity contribution in [3.05, 3.63) is 53.6 Å². The van der Waals surface area contributed by atoms with Gasteiger partial charge >= 0.3 is 12.1 Å². The van der Waals surface area contributed by atoms with Gasteiger partial charge in [0.2, 0.25) is 6.10 Å². The lowest BCUT2D eigenvalue weighted by Crippen LogP contribution is -2.40. The van der Waals surface area contributed by atoms with Gasteiger partial charge in [0.05, 0.1) is 5.57 Å². The third-order valence-corrected chi connectivity index (χ3v) is 4.41. The maximum absolute atomic E-state index is 13.1. The Balaban J connectivity index is 1.90. The van der Waals surface area contributed by atoms with Gasteiger partial charge in [0.25, 0.3) is 0 Å². The van der Waals surface area contributed by atoms with Crippen LogP contribution in [0.25, 0.3) is 6.08 Å². The zero-order chi connectivity index (χ0) is 18.9. The van der Waals surface area contributed by atoms with E-state index in [9.17, 15) is 18.0 Å². The van der Waals surface area contributed by atoms with E-state index in [2.05, 4.69) is 0 Å². The second-order valence-electron chi connectivity index (χ2n) is 5.42. The molecule has 3 rings (SSSR count). The summed E-state index contributed by atoms with van der Waals surface area (Å²) in [7, 11) is 0. The SMILES string of the molecule is CSc1ccc(Oc2ccc3c(c2)OC(C(F)(F)F)C(C(=O)O)=C3)cc1. The minimum absolute atomic E-state index is 0.0874. The van der Waals surface area contributed by atoms with Crippen LogP contribution >= 0.6 is 11.8 Å². The Hall–Kier alpha value is -2.61. The first-order valence-corrected chi connectivity index (χ1v) is 8.64. The van der Waals surface area contributed by atoms with Gasteiger partial charge < -0.3 is 14.6 Å². The number of hydrogen-bond acceptors (Lipinski definition) is 4. The molecule has 0 saturated carbocycles. The number of carboxylic acid groups (broad SMARTS) is 1. The molecule has 8 heteroatoms. The summed E-state index contributed by atoms with van der Waals surface area (Å²) in [5.74, 6) is -0.954. The van der Waals surface area contributed by atoms with Crippen molar-refractivity contribution in [2.45, 2.75) is 17.2 Å². The number of hydrogen-bond donors (Lipinski definition) is 1. The highest BCUT2D eigenvalue weighted by molar-refractivity contribution is 7.98. The van der Waals surface area contributed by atoms with Crippen LogP contribution in [0.15, 0.2) is 52.9 Å². The molecule has 4 nitrogen and oxygen atoms in total. The van der Waals surface area contributed by atoms with Gasteiger partial charge in [0.1, 0.15) is 17.2 Å². The van der Waals surface area contributed by atoms with Crippen LogP contribution in [0.2, 0.25) is 0 Å². The standard InChI is InChI=1S/C18H13F3O4S/c1-26-13-6-4-11(5-7-13)24-12-3-2-10-8-14(17(22)23)16(18(19,20)21)25-15(10)9-12/h2-9,16H,1H3,(H,22,23). The molecule has 0 fully saturated rings. The Labute approximate surface area is 151 Å². The first-order chi connectivity index (χ1) is 12.3. The average molecular weight is 382 g/mol. The molecule has 0 spiro atoms. The fourth-order valence-corrected chi connectivity index (χ4v) is 2.84. The molecule has 0 amide bonds. The molecule has 1 aliphatic rings. The van der Waals surface area contributed by atoms with E-state index in [1.54, 1.807) is 23.9 Å². The summed E-state index contributed by atoms with van der Waals surface area (Å²) in [6.07, 6.45) is -4.46. The summed E-state index contributed by atoms with van der Waals surface area (Å²) in [4.78, 5) is 12.2. The number of ether oxygens (including phenoxy) is 2. The van der Waals surface area contributed by atoms with E-state index in [0.29, 0.717) is 5.75 Å². The summed E-state index contributed by atoms with van der Waals surface area (Å²) in [5, 5.41) is 9.02. The van der Waals surface area contributed by atoms with E-state index in [0.717, 1.165) is 11.0 Å². The molecule has 0 aromatic heterocycles. The molecule has 2 aromatic carbocycles.